The van der Waals surface area contributed by atoms with E-state index in [4.69, 9.17) is 0 Å². The molecule has 0 radical (unpaired) electrons. The van der Waals surface area contributed by atoms with Gasteiger partial charge in [0.2, 0.25) is 10.0 Å². The Hall–Kier alpha value is -2.20. The number of fused-ring (bicyclic) bond motifs is 1. The van der Waals surface area contributed by atoms with Crippen LogP contribution in [0, 0.1) is 0 Å². The third-order valence-electron chi connectivity index (χ3n) is 4.60. The van der Waals surface area contributed by atoms with E-state index in [0.717, 1.165) is 18.1 Å². The van der Waals surface area contributed by atoms with Gasteiger partial charge in [-0.1, -0.05) is 36.4 Å². The maximum absolute atomic E-state index is 13.7. The van der Waals surface area contributed by atoms with Crippen LogP contribution >= 0.6 is 12.4 Å². The van der Waals surface area contributed by atoms with Gasteiger partial charge in [0.05, 0.1) is 10.5 Å². The van der Waals surface area contributed by atoms with Gasteiger partial charge in [-0.2, -0.15) is 13.2 Å². The number of rotatable bonds is 8. The lowest BCUT2D eigenvalue weighted by Crippen LogP contribution is -2.41. The number of nitrogens with one attached hydrogen (secondary N) is 2. The van der Waals surface area contributed by atoms with Crippen molar-refractivity contribution >= 4 is 33.2 Å². The summed E-state index contributed by atoms with van der Waals surface area (Å²) in [6, 6.07) is 12.6. The molecule has 31 heavy (non-hydrogen) atoms. The average molecular weight is 474 g/mol. The number of hydrogen-bond acceptors (Lipinski definition) is 4. The van der Waals surface area contributed by atoms with Crippen molar-refractivity contribution in [2.45, 2.75) is 30.5 Å². The van der Waals surface area contributed by atoms with Crippen molar-refractivity contribution in [1.82, 2.24) is 15.0 Å². The molecule has 0 aliphatic heterocycles. The number of sulfonamides is 1. The second-order valence-corrected chi connectivity index (χ2v) is 8.68. The first-order valence-electron chi connectivity index (χ1n) is 9.39. The van der Waals surface area contributed by atoms with E-state index in [9.17, 15) is 21.6 Å². The van der Waals surface area contributed by atoms with Crippen molar-refractivity contribution < 1.29 is 21.6 Å². The highest BCUT2D eigenvalue weighted by molar-refractivity contribution is 7.89. The van der Waals surface area contributed by atoms with Gasteiger partial charge >= 0.3 is 6.18 Å². The summed E-state index contributed by atoms with van der Waals surface area (Å²) < 4.78 is 69.0. The summed E-state index contributed by atoms with van der Waals surface area (Å²) in [5.41, 5.74) is -0.0437. The molecule has 5 nitrogen and oxygen atoms in total. The van der Waals surface area contributed by atoms with Gasteiger partial charge in [0.1, 0.15) is 0 Å². The lowest BCUT2D eigenvalue weighted by atomic mass is 10.1. The molecule has 0 saturated heterocycles. The fourth-order valence-corrected chi connectivity index (χ4v) is 4.71. The lowest BCUT2D eigenvalue weighted by molar-refractivity contribution is -0.138. The molecule has 2 aromatic carbocycles. The summed E-state index contributed by atoms with van der Waals surface area (Å²) in [5, 5.41) is 3.15. The predicted molar refractivity (Wildman–Crippen MR) is 117 cm³/mol. The Balaban J connectivity index is 0.00000341. The van der Waals surface area contributed by atoms with Gasteiger partial charge in [-0.05, 0) is 43.0 Å². The first kappa shape index (κ1) is 25.1. The molecular weight excluding hydrogens is 451 g/mol. The van der Waals surface area contributed by atoms with Crippen LogP contribution in [0.3, 0.4) is 0 Å². The third kappa shape index (κ3) is 6.39. The van der Waals surface area contributed by atoms with Crippen molar-refractivity contribution in [3.63, 3.8) is 0 Å². The van der Waals surface area contributed by atoms with Crippen molar-refractivity contribution in [1.29, 1.82) is 0 Å². The van der Waals surface area contributed by atoms with Gasteiger partial charge in [0, 0.05) is 30.4 Å². The Labute approximate surface area is 185 Å². The summed E-state index contributed by atoms with van der Waals surface area (Å²) in [6.45, 7) is 2.50. The number of nitrogens with zero attached hydrogens (tertiary/aromatic N) is 1. The smallest absolute Gasteiger partial charge is 0.315 e. The molecule has 0 amide bonds. The number of aromatic nitrogens is 1. The second-order valence-electron chi connectivity index (χ2n) is 7.00. The Kier molecular flexibility index (Phi) is 8.41. The standard InChI is InChI=1S/C21H22F3N3O2S.ClH/c1-15(13-25-11-9-16-5-3-2-4-6-16)27-30(28,29)19-8-7-17-14-26-12-10-18(17)20(19)21(22,23)24;/h2-8,10,12,14-15,25,27H,9,11,13H2,1H3;1H. The quantitative estimate of drug-likeness (QED) is 0.482. The van der Waals surface area contributed by atoms with E-state index in [-0.39, 0.29) is 29.7 Å². The Morgan fingerprint density at radius 2 is 1.77 bits per heavy atom. The molecule has 0 saturated carbocycles. The molecule has 2 N–H and O–H groups in total. The Morgan fingerprint density at radius 3 is 2.45 bits per heavy atom. The van der Waals surface area contributed by atoms with E-state index in [2.05, 4.69) is 15.0 Å². The highest BCUT2D eigenvalue weighted by atomic mass is 35.5. The molecule has 0 aliphatic carbocycles. The average Bonchev–Trinajstić information content (AvgIpc) is 2.70. The minimum Gasteiger partial charge on any atom is -0.315 e. The molecule has 3 rings (SSSR count). The zero-order valence-electron chi connectivity index (χ0n) is 16.7. The number of alkyl halides is 3. The number of benzene rings is 2. The van der Waals surface area contributed by atoms with E-state index in [1.165, 1.54) is 24.5 Å². The van der Waals surface area contributed by atoms with Crippen LogP contribution in [0.5, 0.6) is 0 Å². The van der Waals surface area contributed by atoms with Crippen molar-refractivity contribution in [2.75, 3.05) is 13.1 Å². The summed E-state index contributed by atoms with van der Waals surface area (Å²) in [5.74, 6) is 0. The van der Waals surface area contributed by atoms with E-state index in [1.807, 2.05) is 30.3 Å². The van der Waals surface area contributed by atoms with Crippen molar-refractivity contribution in [2.24, 2.45) is 0 Å². The maximum atomic E-state index is 13.7. The van der Waals surface area contributed by atoms with Crippen molar-refractivity contribution in [3.8, 4) is 0 Å². The first-order valence-corrected chi connectivity index (χ1v) is 10.9. The van der Waals surface area contributed by atoms with Crippen LogP contribution in [0.1, 0.15) is 18.1 Å². The molecule has 1 unspecified atom stereocenters. The minimum atomic E-state index is -4.83. The molecule has 0 fully saturated rings. The monoisotopic (exact) mass is 473 g/mol. The van der Waals surface area contributed by atoms with Crippen LogP contribution < -0.4 is 10.0 Å². The molecule has 0 bridgehead atoms. The zero-order chi connectivity index (χ0) is 21.8. The van der Waals surface area contributed by atoms with E-state index >= 15 is 0 Å². The lowest BCUT2D eigenvalue weighted by Gasteiger charge is -2.19. The topological polar surface area (TPSA) is 71.1 Å². The molecule has 1 heterocycles. The van der Waals surface area contributed by atoms with E-state index in [0.29, 0.717) is 6.54 Å². The largest absolute Gasteiger partial charge is 0.418 e. The normalized spacial score (nSPS) is 13.0. The Morgan fingerprint density at radius 1 is 1.06 bits per heavy atom. The van der Waals surface area contributed by atoms with E-state index < -0.39 is 32.7 Å². The highest BCUT2D eigenvalue weighted by Gasteiger charge is 2.39. The van der Waals surface area contributed by atoms with Crippen LogP contribution in [-0.4, -0.2) is 32.5 Å². The minimum absolute atomic E-state index is 0. The number of hydrogen-bond donors (Lipinski definition) is 2. The van der Waals surface area contributed by atoms with Gasteiger partial charge in [-0.25, -0.2) is 13.1 Å². The number of halogens is 4. The highest BCUT2D eigenvalue weighted by Crippen LogP contribution is 2.39. The molecule has 3 aromatic rings. The summed E-state index contributed by atoms with van der Waals surface area (Å²) >= 11 is 0. The van der Waals surface area contributed by atoms with Crippen LogP contribution in [0.2, 0.25) is 0 Å². The predicted octanol–water partition coefficient (Wildman–Crippen LogP) is 4.17. The summed E-state index contributed by atoms with van der Waals surface area (Å²) in [6.07, 6.45) is -1.59. The summed E-state index contributed by atoms with van der Waals surface area (Å²) in [7, 11) is -4.38. The Bertz CT molecular complexity index is 1110. The van der Waals surface area contributed by atoms with Gasteiger partial charge in [0.25, 0.3) is 0 Å². The molecule has 10 heteroatoms. The fraction of sp³-hybridized carbons (Fsp3) is 0.286. The zero-order valence-corrected chi connectivity index (χ0v) is 18.3. The van der Waals surface area contributed by atoms with Crippen LogP contribution in [-0.2, 0) is 22.6 Å². The molecular formula is C21H23ClF3N3O2S. The van der Waals surface area contributed by atoms with Crippen LogP contribution in [0.25, 0.3) is 10.8 Å². The van der Waals surface area contributed by atoms with Gasteiger partial charge < -0.3 is 5.32 Å². The molecule has 0 spiro atoms. The summed E-state index contributed by atoms with van der Waals surface area (Å²) in [4.78, 5) is 3.01. The molecule has 0 aliphatic rings. The molecule has 1 aromatic heterocycles. The SMILES string of the molecule is CC(CNCCc1ccccc1)NS(=O)(=O)c1ccc2cnccc2c1C(F)(F)F.Cl. The number of pyridine rings is 1. The maximum Gasteiger partial charge on any atom is 0.418 e. The third-order valence-corrected chi connectivity index (χ3v) is 6.23. The first-order chi connectivity index (χ1) is 14.2. The van der Waals surface area contributed by atoms with Gasteiger partial charge in [0.15, 0.2) is 0 Å². The van der Waals surface area contributed by atoms with Crippen LogP contribution in [0.15, 0.2) is 65.8 Å². The van der Waals surface area contributed by atoms with Crippen molar-refractivity contribution in [3.05, 3.63) is 72.1 Å². The molecule has 1 atom stereocenters. The molecule has 168 valence electrons. The van der Waals surface area contributed by atoms with Gasteiger partial charge in [-0.3, -0.25) is 4.98 Å². The van der Waals surface area contributed by atoms with Crippen LogP contribution in [0.4, 0.5) is 13.2 Å². The second kappa shape index (κ2) is 10.4. The fourth-order valence-electron chi connectivity index (χ4n) is 3.23. The van der Waals surface area contributed by atoms with E-state index in [1.54, 1.807) is 6.92 Å². The van der Waals surface area contributed by atoms with Gasteiger partial charge in [-0.15, -0.1) is 12.4 Å².